The molecule has 5 heteroatoms. The van der Waals surface area contributed by atoms with Crippen molar-refractivity contribution in [2.75, 3.05) is 11.9 Å². The molecular weight excluding hydrogens is 294 g/mol. The van der Waals surface area contributed by atoms with Crippen molar-refractivity contribution < 1.29 is 4.79 Å². The molecule has 1 aromatic carbocycles. The van der Waals surface area contributed by atoms with Gasteiger partial charge >= 0.3 is 0 Å². The first-order valence-corrected chi connectivity index (χ1v) is 7.78. The van der Waals surface area contributed by atoms with Gasteiger partial charge in [-0.3, -0.25) is 14.7 Å². The van der Waals surface area contributed by atoms with E-state index in [0.717, 1.165) is 16.8 Å². The zero-order valence-corrected chi connectivity index (χ0v) is 13.0. The third kappa shape index (κ3) is 3.20. The predicted octanol–water partition coefficient (Wildman–Crippen LogP) is 3.41. The van der Waals surface area contributed by atoms with E-state index in [1.807, 2.05) is 47.8 Å². The standard InChI is InChI=1S/C17H15N3OS/c1-20(16(21)11-13-5-3-2-4-6-13)17-19-15(12-22-17)14-7-9-18-10-8-14/h2-10,12H,11H2,1H3. The van der Waals surface area contributed by atoms with Crippen LogP contribution >= 0.6 is 11.3 Å². The van der Waals surface area contributed by atoms with Gasteiger partial charge in [0.15, 0.2) is 5.13 Å². The molecule has 0 aliphatic heterocycles. The van der Waals surface area contributed by atoms with E-state index in [-0.39, 0.29) is 5.91 Å². The van der Waals surface area contributed by atoms with Gasteiger partial charge in [-0.25, -0.2) is 4.98 Å². The maximum atomic E-state index is 12.3. The number of rotatable bonds is 4. The van der Waals surface area contributed by atoms with Crippen molar-refractivity contribution in [2.24, 2.45) is 0 Å². The summed E-state index contributed by atoms with van der Waals surface area (Å²) in [6.07, 6.45) is 3.85. The highest BCUT2D eigenvalue weighted by Crippen LogP contribution is 2.26. The predicted molar refractivity (Wildman–Crippen MR) is 88.9 cm³/mol. The van der Waals surface area contributed by atoms with Gasteiger partial charge in [-0.15, -0.1) is 11.3 Å². The number of aromatic nitrogens is 2. The summed E-state index contributed by atoms with van der Waals surface area (Å²) < 4.78 is 0. The molecule has 110 valence electrons. The van der Waals surface area contributed by atoms with Crippen LogP contribution in [0.1, 0.15) is 5.56 Å². The number of thiazole rings is 1. The van der Waals surface area contributed by atoms with Gasteiger partial charge in [0.05, 0.1) is 12.1 Å². The average molecular weight is 309 g/mol. The van der Waals surface area contributed by atoms with Crippen LogP contribution in [0.3, 0.4) is 0 Å². The number of benzene rings is 1. The first kappa shape index (κ1) is 14.4. The molecule has 3 aromatic rings. The minimum Gasteiger partial charge on any atom is -0.291 e. The summed E-state index contributed by atoms with van der Waals surface area (Å²) in [6.45, 7) is 0. The first-order chi connectivity index (χ1) is 10.7. The van der Waals surface area contributed by atoms with Crippen molar-refractivity contribution in [3.05, 3.63) is 65.8 Å². The van der Waals surface area contributed by atoms with E-state index in [1.54, 1.807) is 24.3 Å². The maximum absolute atomic E-state index is 12.3. The third-order valence-electron chi connectivity index (χ3n) is 3.33. The first-order valence-electron chi connectivity index (χ1n) is 6.90. The fourth-order valence-corrected chi connectivity index (χ4v) is 2.89. The third-order valence-corrected chi connectivity index (χ3v) is 4.24. The number of amides is 1. The van der Waals surface area contributed by atoms with Crippen molar-refractivity contribution in [3.63, 3.8) is 0 Å². The zero-order valence-electron chi connectivity index (χ0n) is 12.1. The van der Waals surface area contributed by atoms with Crippen molar-refractivity contribution in [1.82, 2.24) is 9.97 Å². The summed E-state index contributed by atoms with van der Waals surface area (Å²) in [5.74, 6) is 0.0295. The molecule has 4 nitrogen and oxygen atoms in total. The summed E-state index contributed by atoms with van der Waals surface area (Å²) in [4.78, 5) is 22.5. The van der Waals surface area contributed by atoms with Crippen LogP contribution in [0.2, 0.25) is 0 Å². The van der Waals surface area contributed by atoms with Gasteiger partial charge in [0.2, 0.25) is 5.91 Å². The van der Waals surface area contributed by atoms with Crippen LogP contribution in [0, 0.1) is 0 Å². The second-order valence-electron chi connectivity index (χ2n) is 4.87. The molecule has 2 aromatic heterocycles. The van der Waals surface area contributed by atoms with Crippen LogP contribution in [-0.4, -0.2) is 22.9 Å². The molecule has 0 fully saturated rings. The average Bonchev–Trinajstić information content (AvgIpc) is 3.06. The van der Waals surface area contributed by atoms with Gasteiger partial charge < -0.3 is 0 Å². The Bertz CT molecular complexity index is 756. The minimum atomic E-state index is 0.0295. The molecule has 0 unspecified atom stereocenters. The van der Waals surface area contributed by atoms with Gasteiger partial charge in [-0.05, 0) is 17.7 Å². The number of nitrogens with zero attached hydrogens (tertiary/aromatic N) is 3. The van der Waals surface area contributed by atoms with Gasteiger partial charge in [0.25, 0.3) is 0 Å². The Morgan fingerprint density at radius 3 is 2.59 bits per heavy atom. The normalized spacial score (nSPS) is 10.4. The number of likely N-dealkylation sites (N-methyl/N-ethyl adjacent to an activating group) is 1. The maximum Gasteiger partial charge on any atom is 0.232 e. The number of pyridine rings is 1. The van der Waals surface area contributed by atoms with E-state index in [9.17, 15) is 4.79 Å². The molecule has 0 saturated carbocycles. The Morgan fingerprint density at radius 1 is 1.14 bits per heavy atom. The second-order valence-corrected chi connectivity index (χ2v) is 5.70. The largest absolute Gasteiger partial charge is 0.291 e. The molecular formula is C17H15N3OS. The summed E-state index contributed by atoms with van der Waals surface area (Å²) in [5, 5.41) is 2.66. The Kier molecular flexibility index (Phi) is 4.25. The van der Waals surface area contributed by atoms with Crippen LogP contribution in [0.25, 0.3) is 11.3 Å². The van der Waals surface area contributed by atoms with Crippen molar-refractivity contribution >= 4 is 22.4 Å². The monoisotopic (exact) mass is 309 g/mol. The summed E-state index contributed by atoms with van der Waals surface area (Å²) in [6, 6.07) is 13.5. The smallest absolute Gasteiger partial charge is 0.232 e. The van der Waals surface area contributed by atoms with Gasteiger partial charge in [-0.2, -0.15) is 0 Å². The summed E-state index contributed by atoms with van der Waals surface area (Å²) >= 11 is 1.46. The van der Waals surface area contributed by atoms with E-state index in [2.05, 4.69) is 9.97 Å². The van der Waals surface area contributed by atoms with Gasteiger partial charge in [-0.1, -0.05) is 30.3 Å². The molecule has 0 N–H and O–H groups in total. The molecule has 0 saturated heterocycles. The number of carbonyl (C=O) groups excluding carboxylic acids is 1. The molecule has 22 heavy (non-hydrogen) atoms. The molecule has 0 aliphatic rings. The second kappa shape index (κ2) is 6.49. The topological polar surface area (TPSA) is 46.1 Å². The fraction of sp³-hybridized carbons (Fsp3) is 0.118. The van der Waals surface area contributed by atoms with E-state index in [0.29, 0.717) is 11.6 Å². The molecule has 0 spiro atoms. The highest BCUT2D eigenvalue weighted by atomic mass is 32.1. The van der Waals surface area contributed by atoms with Gasteiger partial charge in [0.1, 0.15) is 0 Å². The number of anilines is 1. The number of hydrogen-bond donors (Lipinski definition) is 0. The van der Waals surface area contributed by atoms with E-state index in [1.165, 1.54) is 11.3 Å². The molecule has 0 radical (unpaired) electrons. The lowest BCUT2D eigenvalue weighted by atomic mass is 10.1. The van der Waals surface area contributed by atoms with Gasteiger partial charge in [0, 0.05) is 30.4 Å². The molecule has 0 aliphatic carbocycles. The quantitative estimate of drug-likeness (QED) is 0.742. The number of carbonyl (C=O) groups is 1. The van der Waals surface area contributed by atoms with Crippen LogP contribution in [0.15, 0.2) is 60.2 Å². The summed E-state index contributed by atoms with van der Waals surface area (Å²) in [5.41, 5.74) is 2.87. The Hall–Kier alpha value is -2.53. The molecule has 3 rings (SSSR count). The lowest BCUT2D eigenvalue weighted by Gasteiger charge is -2.13. The zero-order chi connectivity index (χ0) is 15.4. The summed E-state index contributed by atoms with van der Waals surface area (Å²) in [7, 11) is 1.76. The van der Waals surface area contributed by atoms with Crippen LogP contribution in [0.5, 0.6) is 0 Å². The van der Waals surface area contributed by atoms with Crippen LogP contribution < -0.4 is 4.90 Å². The van der Waals surface area contributed by atoms with E-state index in [4.69, 9.17) is 0 Å². The minimum absolute atomic E-state index is 0.0295. The Balaban J connectivity index is 1.74. The van der Waals surface area contributed by atoms with Crippen molar-refractivity contribution in [3.8, 4) is 11.3 Å². The Labute approximate surface area is 133 Å². The lowest BCUT2D eigenvalue weighted by Crippen LogP contribution is -2.27. The SMILES string of the molecule is CN(C(=O)Cc1ccccc1)c1nc(-c2ccncc2)cs1. The number of hydrogen-bond acceptors (Lipinski definition) is 4. The molecule has 0 bridgehead atoms. The molecule has 1 amide bonds. The van der Waals surface area contributed by atoms with E-state index >= 15 is 0 Å². The molecule has 2 heterocycles. The highest BCUT2D eigenvalue weighted by Gasteiger charge is 2.15. The van der Waals surface area contributed by atoms with Crippen molar-refractivity contribution in [1.29, 1.82) is 0 Å². The fourth-order valence-electron chi connectivity index (χ4n) is 2.07. The van der Waals surface area contributed by atoms with Crippen molar-refractivity contribution in [2.45, 2.75) is 6.42 Å². The highest BCUT2D eigenvalue weighted by molar-refractivity contribution is 7.14. The molecule has 0 atom stereocenters. The lowest BCUT2D eigenvalue weighted by molar-refractivity contribution is -0.117. The Morgan fingerprint density at radius 2 is 1.86 bits per heavy atom. The van der Waals surface area contributed by atoms with Crippen LogP contribution in [-0.2, 0) is 11.2 Å². The van der Waals surface area contributed by atoms with Crippen LogP contribution in [0.4, 0.5) is 5.13 Å². The van der Waals surface area contributed by atoms with E-state index < -0.39 is 0 Å².